The Morgan fingerprint density at radius 3 is 3.12 bits per heavy atom. The first-order valence-corrected chi connectivity index (χ1v) is 9.72. The van der Waals surface area contributed by atoms with Crippen molar-refractivity contribution in [1.29, 1.82) is 0 Å². The van der Waals surface area contributed by atoms with Crippen LogP contribution in [0, 0.1) is 0 Å². The highest BCUT2D eigenvalue weighted by molar-refractivity contribution is 7.99. The molecule has 130 valence electrons. The van der Waals surface area contributed by atoms with Crippen molar-refractivity contribution in [2.24, 2.45) is 0 Å². The van der Waals surface area contributed by atoms with Gasteiger partial charge in [0.05, 0.1) is 10.4 Å². The fourth-order valence-corrected chi connectivity index (χ4v) is 5.22. The van der Waals surface area contributed by atoms with Crippen LogP contribution in [0.25, 0.3) is 5.78 Å². The molecule has 1 saturated heterocycles. The molecule has 1 fully saturated rings. The Morgan fingerprint density at radius 2 is 2.24 bits per heavy atom. The van der Waals surface area contributed by atoms with Crippen molar-refractivity contribution in [1.82, 2.24) is 23.7 Å². The van der Waals surface area contributed by atoms with Crippen molar-refractivity contribution in [3.63, 3.8) is 0 Å². The zero-order valence-corrected chi connectivity index (χ0v) is 15.4. The molecule has 0 spiro atoms. The molecule has 1 N–H and O–H groups in total. The summed E-state index contributed by atoms with van der Waals surface area (Å²) in [5.41, 5.74) is 1.26. The molecule has 1 atom stereocenters. The van der Waals surface area contributed by atoms with Crippen molar-refractivity contribution in [3.05, 3.63) is 36.5 Å². The molecule has 9 heteroatoms. The molecule has 0 aliphatic carbocycles. The van der Waals surface area contributed by atoms with E-state index in [1.54, 1.807) is 18.1 Å². The second-order valence-electron chi connectivity index (χ2n) is 5.95. The first kappa shape index (κ1) is 16.5. The van der Waals surface area contributed by atoms with Gasteiger partial charge in [-0.25, -0.2) is 19.3 Å². The molecule has 3 aromatic heterocycles. The number of rotatable bonds is 4. The van der Waals surface area contributed by atoms with Crippen LogP contribution in [0.3, 0.4) is 0 Å². The Balaban J connectivity index is 1.47. The van der Waals surface area contributed by atoms with Gasteiger partial charge in [0.2, 0.25) is 11.7 Å². The van der Waals surface area contributed by atoms with E-state index in [9.17, 15) is 4.79 Å². The number of piperidine rings is 1. The van der Waals surface area contributed by atoms with Crippen LogP contribution in [0.5, 0.6) is 0 Å². The standard InChI is InChI=1S/C16H18N6OS2/c1-11(23)20-16-19-9-14(24-16)25-21-7-2-3-12(10-21)13-4-5-17-15-18-6-8-22(13)15/h4-6,8-9,12H,2-3,7,10H2,1H3,(H,19,20,23). The third-order valence-corrected chi connectivity index (χ3v) is 6.18. The molecule has 0 radical (unpaired) electrons. The maximum Gasteiger partial charge on any atom is 0.233 e. The van der Waals surface area contributed by atoms with E-state index < -0.39 is 0 Å². The van der Waals surface area contributed by atoms with Gasteiger partial charge >= 0.3 is 0 Å². The minimum absolute atomic E-state index is 0.0917. The second kappa shape index (κ2) is 7.11. The van der Waals surface area contributed by atoms with Gasteiger partial charge in [0.25, 0.3) is 0 Å². The van der Waals surface area contributed by atoms with E-state index in [0.717, 1.165) is 35.9 Å². The highest BCUT2D eigenvalue weighted by Gasteiger charge is 2.24. The average molecular weight is 374 g/mol. The Labute approximate surface area is 153 Å². The highest BCUT2D eigenvalue weighted by atomic mass is 32.2. The van der Waals surface area contributed by atoms with E-state index in [1.165, 1.54) is 24.0 Å². The quantitative estimate of drug-likeness (QED) is 0.708. The SMILES string of the molecule is CC(=O)Nc1ncc(SN2CCCC(c3ccnc4nccn34)C2)s1. The van der Waals surface area contributed by atoms with E-state index in [2.05, 4.69) is 35.0 Å². The molecule has 3 aromatic rings. The van der Waals surface area contributed by atoms with Gasteiger partial charge in [-0.1, -0.05) is 11.3 Å². The van der Waals surface area contributed by atoms with Crippen LogP contribution in [-0.4, -0.2) is 42.7 Å². The van der Waals surface area contributed by atoms with E-state index in [1.807, 2.05) is 18.6 Å². The van der Waals surface area contributed by atoms with Gasteiger partial charge < -0.3 is 5.32 Å². The van der Waals surface area contributed by atoms with Gasteiger partial charge in [-0.05, 0) is 30.9 Å². The van der Waals surface area contributed by atoms with Crippen LogP contribution in [0.15, 0.2) is 35.1 Å². The predicted molar refractivity (Wildman–Crippen MR) is 98.8 cm³/mol. The molecule has 1 aliphatic rings. The summed E-state index contributed by atoms with van der Waals surface area (Å²) in [6.45, 7) is 3.51. The van der Waals surface area contributed by atoms with Gasteiger partial charge in [0, 0.05) is 50.2 Å². The largest absolute Gasteiger partial charge is 0.302 e. The first-order valence-electron chi connectivity index (χ1n) is 8.13. The molecule has 1 aliphatic heterocycles. The van der Waals surface area contributed by atoms with Crippen molar-refractivity contribution < 1.29 is 4.79 Å². The number of aromatic nitrogens is 4. The van der Waals surface area contributed by atoms with E-state index >= 15 is 0 Å². The van der Waals surface area contributed by atoms with Crippen LogP contribution < -0.4 is 5.32 Å². The third kappa shape index (κ3) is 3.68. The maximum absolute atomic E-state index is 11.1. The van der Waals surface area contributed by atoms with E-state index in [-0.39, 0.29) is 5.91 Å². The van der Waals surface area contributed by atoms with Gasteiger partial charge in [-0.15, -0.1) is 0 Å². The molecule has 7 nitrogen and oxygen atoms in total. The lowest BCUT2D eigenvalue weighted by Gasteiger charge is -2.31. The Bertz CT molecular complexity index is 892. The molecule has 25 heavy (non-hydrogen) atoms. The van der Waals surface area contributed by atoms with Crippen molar-refractivity contribution in [2.75, 3.05) is 18.4 Å². The number of nitrogens with zero attached hydrogens (tertiary/aromatic N) is 5. The van der Waals surface area contributed by atoms with Gasteiger partial charge in [0.1, 0.15) is 0 Å². The monoisotopic (exact) mass is 374 g/mol. The summed E-state index contributed by atoms with van der Waals surface area (Å²) in [5.74, 6) is 1.11. The number of carbonyl (C=O) groups is 1. The molecular formula is C16H18N6OS2. The number of nitrogens with one attached hydrogen (secondary N) is 1. The number of hydrogen-bond acceptors (Lipinski definition) is 7. The van der Waals surface area contributed by atoms with Gasteiger partial charge in [0.15, 0.2) is 5.13 Å². The number of imidazole rings is 1. The van der Waals surface area contributed by atoms with Crippen molar-refractivity contribution in [2.45, 2.75) is 29.9 Å². The minimum atomic E-state index is -0.0917. The highest BCUT2D eigenvalue weighted by Crippen LogP contribution is 2.36. The normalized spacial score (nSPS) is 18.5. The summed E-state index contributed by atoms with van der Waals surface area (Å²) < 4.78 is 5.55. The second-order valence-corrected chi connectivity index (χ2v) is 8.38. The molecular weight excluding hydrogens is 356 g/mol. The Hall–Kier alpha value is -1.97. The minimum Gasteiger partial charge on any atom is -0.302 e. The summed E-state index contributed by atoms with van der Waals surface area (Å²) in [7, 11) is 0. The first-order chi connectivity index (χ1) is 12.2. The molecule has 0 aromatic carbocycles. The number of carbonyl (C=O) groups excluding carboxylic acids is 1. The number of amides is 1. The topological polar surface area (TPSA) is 75.4 Å². The fraction of sp³-hybridized carbons (Fsp3) is 0.375. The summed E-state index contributed by atoms with van der Waals surface area (Å²) in [6, 6.07) is 2.09. The maximum atomic E-state index is 11.1. The Kier molecular flexibility index (Phi) is 4.69. The van der Waals surface area contributed by atoms with Crippen LogP contribution in [0.1, 0.15) is 31.4 Å². The van der Waals surface area contributed by atoms with Crippen LogP contribution in [-0.2, 0) is 4.79 Å². The van der Waals surface area contributed by atoms with Crippen LogP contribution >= 0.6 is 23.3 Å². The summed E-state index contributed by atoms with van der Waals surface area (Å²) in [4.78, 5) is 24.0. The summed E-state index contributed by atoms with van der Waals surface area (Å²) in [5, 5.41) is 3.38. The number of hydrogen-bond donors (Lipinski definition) is 1. The lowest BCUT2D eigenvalue weighted by Crippen LogP contribution is -2.29. The van der Waals surface area contributed by atoms with Gasteiger partial charge in [-0.2, -0.15) is 0 Å². The molecule has 4 rings (SSSR count). The van der Waals surface area contributed by atoms with E-state index in [4.69, 9.17) is 0 Å². The smallest absolute Gasteiger partial charge is 0.233 e. The van der Waals surface area contributed by atoms with Gasteiger partial charge in [-0.3, -0.25) is 9.20 Å². The lowest BCUT2D eigenvalue weighted by atomic mass is 9.96. The summed E-state index contributed by atoms with van der Waals surface area (Å²) in [6.07, 6.45) is 9.74. The fourth-order valence-electron chi connectivity index (χ4n) is 3.09. The molecule has 0 bridgehead atoms. The molecule has 1 amide bonds. The van der Waals surface area contributed by atoms with Crippen LogP contribution in [0.4, 0.5) is 5.13 Å². The number of thiazole rings is 1. The zero-order valence-electron chi connectivity index (χ0n) is 13.8. The average Bonchev–Trinajstić information content (AvgIpc) is 3.23. The Morgan fingerprint density at radius 1 is 1.36 bits per heavy atom. The molecule has 1 unspecified atom stereocenters. The zero-order chi connectivity index (χ0) is 17.2. The lowest BCUT2D eigenvalue weighted by molar-refractivity contribution is -0.114. The third-order valence-electron chi connectivity index (χ3n) is 4.12. The summed E-state index contributed by atoms with van der Waals surface area (Å²) >= 11 is 3.22. The van der Waals surface area contributed by atoms with Crippen LogP contribution in [0.2, 0.25) is 0 Å². The van der Waals surface area contributed by atoms with Crippen molar-refractivity contribution in [3.8, 4) is 0 Å². The predicted octanol–water partition coefficient (Wildman–Crippen LogP) is 3.03. The number of anilines is 1. The molecule has 4 heterocycles. The van der Waals surface area contributed by atoms with E-state index in [0.29, 0.717) is 11.0 Å². The van der Waals surface area contributed by atoms with Crippen molar-refractivity contribution >= 4 is 40.1 Å². The number of fused-ring (bicyclic) bond motifs is 1. The molecule has 0 saturated carbocycles.